The van der Waals surface area contributed by atoms with Crippen LogP contribution in [0.4, 0.5) is 0 Å². The van der Waals surface area contributed by atoms with Crippen molar-refractivity contribution in [3.63, 3.8) is 0 Å². The van der Waals surface area contributed by atoms with E-state index in [1.54, 1.807) is 0 Å². The fourth-order valence-electron chi connectivity index (χ4n) is 1.20. The van der Waals surface area contributed by atoms with Crippen LogP contribution < -0.4 is 0 Å². The molecule has 0 spiro atoms. The van der Waals surface area contributed by atoms with Crippen LogP contribution in [0.5, 0.6) is 0 Å². The Hall–Kier alpha value is -0.570. The highest BCUT2D eigenvalue weighted by atomic mass is 16.4. The van der Waals surface area contributed by atoms with E-state index >= 15 is 0 Å². The van der Waals surface area contributed by atoms with Crippen LogP contribution in [-0.4, -0.2) is 22.3 Å². The minimum Gasteiger partial charge on any atom is -0.481 e. The molecule has 0 aromatic heterocycles. The number of aliphatic hydroxyl groups is 1. The van der Waals surface area contributed by atoms with E-state index in [0.29, 0.717) is 0 Å². The molecule has 1 atom stereocenters. The molecule has 0 heterocycles. The van der Waals surface area contributed by atoms with E-state index in [1.807, 2.05) is 20.8 Å². The highest BCUT2D eigenvalue weighted by Gasteiger charge is 2.42. The van der Waals surface area contributed by atoms with Gasteiger partial charge in [0.25, 0.3) is 0 Å². The Bertz CT molecular complexity index is 177. The molecule has 12 heavy (non-hydrogen) atoms. The first-order valence-electron chi connectivity index (χ1n) is 4.01. The Kier molecular flexibility index (Phi) is 2.91. The number of carboxylic acid groups (broad SMARTS) is 1. The van der Waals surface area contributed by atoms with Gasteiger partial charge < -0.3 is 10.2 Å². The molecule has 0 aromatic rings. The molecule has 0 aliphatic carbocycles. The third kappa shape index (κ3) is 2.21. The van der Waals surface area contributed by atoms with E-state index in [-0.39, 0.29) is 0 Å². The van der Waals surface area contributed by atoms with Gasteiger partial charge in [0.05, 0.1) is 11.5 Å². The topological polar surface area (TPSA) is 57.5 Å². The number of carboxylic acids is 1. The molecule has 0 saturated heterocycles. The van der Waals surface area contributed by atoms with E-state index in [0.717, 1.165) is 0 Å². The van der Waals surface area contributed by atoms with Gasteiger partial charge in [-0.3, -0.25) is 4.79 Å². The second-order valence-corrected chi connectivity index (χ2v) is 4.80. The third-order valence-corrected chi connectivity index (χ3v) is 2.06. The van der Waals surface area contributed by atoms with Gasteiger partial charge in [-0.25, -0.2) is 0 Å². The van der Waals surface area contributed by atoms with Gasteiger partial charge in [0, 0.05) is 0 Å². The first-order chi connectivity index (χ1) is 5.10. The Morgan fingerprint density at radius 2 is 1.50 bits per heavy atom. The van der Waals surface area contributed by atoms with Gasteiger partial charge in [0.15, 0.2) is 0 Å². The number of aliphatic carboxylic acids is 1. The summed E-state index contributed by atoms with van der Waals surface area (Å²) in [5.74, 6) is -0.968. The standard InChI is InChI=1S/C9H18O3/c1-8(2,3)6(10)9(4,5)7(11)12/h6,10H,1-5H3,(H,11,12). The molecular formula is C9H18O3. The summed E-state index contributed by atoms with van der Waals surface area (Å²) in [5, 5.41) is 18.5. The second kappa shape index (κ2) is 3.05. The zero-order chi connectivity index (χ0) is 10.2. The van der Waals surface area contributed by atoms with Gasteiger partial charge in [-0.05, 0) is 19.3 Å². The molecule has 3 nitrogen and oxygen atoms in total. The highest BCUT2D eigenvalue weighted by molar-refractivity contribution is 5.74. The summed E-state index contributed by atoms with van der Waals surface area (Å²) in [5.41, 5.74) is -1.49. The minimum absolute atomic E-state index is 0.401. The summed E-state index contributed by atoms with van der Waals surface area (Å²) in [6.45, 7) is 8.53. The minimum atomic E-state index is -1.09. The molecule has 1 unspecified atom stereocenters. The van der Waals surface area contributed by atoms with Crippen LogP contribution in [0.1, 0.15) is 34.6 Å². The van der Waals surface area contributed by atoms with E-state index < -0.39 is 22.9 Å². The number of aliphatic hydroxyl groups excluding tert-OH is 1. The Morgan fingerprint density at radius 3 is 1.58 bits per heavy atom. The predicted molar refractivity (Wildman–Crippen MR) is 46.9 cm³/mol. The molecule has 72 valence electrons. The first kappa shape index (κ1) is 11.4. The van der Waals surface area contributed by atoms with Gasteiger partial charge in [-0.1, -0.05) is 20.8 Å². The van der Waals surface area contributed by atoms with Crippen molar-refractivity contribution in [2.45, 2.75) is 40.7 Å². The smallest absolute Gasteiger partial charge is 0.311 e. The van der Waals surface area contributed by atoms with Gasteiger partial charge in [0.1, 0.15) is 0 Å². The van der Waals surface area contributed by atoms with Gasteiger partial charge in [-0.15, -0.1) is 0 Å². The summed E-state index contributed by atoms with van der Waals surface area (Å²) in [4.78, 5) is 10.7. The van der Waals surface area contributed by atoms with Gasteiger partial charge >= 0.3 is 5.97 Å². The fourth-order valence-corrected chi connectivity index (χ4v) is 1.20. The average Bonchev–Trinajstić information content (AvgIpc) is 1.83. The van der Waals surface area contributed by atoms with E-state index in [1.165, 1.54) is 13.8 Å². The van der Waals surface area contributed by atoms with E-state index in [9.17, 15) is 9.90 Å². The largest absolute Gasteiger partial charge is 0.481 e. The summed E-state index contributed by atoms with van der Waals surface area (Å²) in [7, 11) is 0. The van der Waals surface area contributed by atoms with Crippen molar-refractivity contribution in [3.8, 4) is 0 Å². The van der Waals surface area contributed by atoms with Crippen molar-refractivity contribution < 1.29 is 15.0 Å². The van der Waals surface area contributed by atoms with E-state index in [2.05, 4.69) is 0 Å². The molecule has 0 aliphatic heterocycles. The maximum Gasteiger partial charge on any atom is 0.311 e. The first-order valence-corrected chi connectivity index (χ1v) is 4.01. The lowest BCUT2D eigenvalue weighted by Gasteiger charge is -2.35. The Morgan fingerprint density at radius 1 is 1.17 bits per heavy atom. The average molecular weight is 174 g/mol. The molecule has 0 amide bonds. The van der Waals surface area contributed by atoms with Crippen LogP contribution in [0.25, 0.3) is 0 Å². The van der Waals surface area contributed by atoms with Crippen molar-refractivity contribution in [2.24, 2.45) is 10.8 Å². The normalized spacial score (nSPS) is 15.8. The van der Waals surface area contributed by atoms with Crippen molar-refractivity contribution in [1.29, 1.82) is 0 Å². The summed E-state index contributed by atoms with van der Waals surface area (Å²) in [6, 6.07) is 0. The third-order valence-electron chi connectivity index (χ3n) is 2.06. The lowest BCUT2D eigenvalue weighted by atomic mass is 9.73. The number of hydrogen-bond donors (Lipinski definition) is 2. The van der Waals surface area contributed by atoms with Crippen molar-refractivity contribution in [1.82, 2.24) is 0 Å². The maximum absolute atomic E-state index is 10.7. The Labute approximate surface area is 73.4 Å². The molecular weight excluding hydrogens is 156 g/mol. The summed E-state index contributed by atoms with van der Waals surface area (Å²) in [6.07, 6.45) is -0.845. The molecule has 0 fully saturated rings. The quantitative estimate of drug-likeness (QED) is 0.667. The number of rotatable bonds is 2. The number of carbonyl (C=O) groups is 1. The number of hydrogen-bond acceptors (Lipinski definition) is 2. The maximum atomic E-state index is 10.7. The van der Waals surface area contributed by atoms with Crippen LogP contribution in [0.15, 0.2) is 0 Å². The van der Waals surface area contributed by atoms with Crippen molar-refractivity contribution >= 4 is 5.97 Å². The molecule has 0 rings (SSSR count). The summed E-state index contributed by atoms with van der Waals surface area (Å²) >= 11 is 0. The van der Waals surface area contributed by atoms with Crippen molar-refractivity contribution in [3.05, 3.63) is 0 Å². The van der Waals surface area contributed by atoms with Crippen LogP contribution in [0, 0.1) is 10.8 Å². The second-order valence-electron chi connectivity index (χ2n) is 4.80. The predicted octanol–water partition coefficient (Wildman–Crippen LogP) is 1.50. The molecule has 3 heteroatoms. The zero-order valence-corrected chi connectivity index (χ0v) is 8.38. The molecule has 0 aliphatic rings. The van der Waals surface area contributed by atoms with Gasteiger partial charge in [0.2, 0.25) is 0 Å². The lowest BCUT2D eigenvalue weighted by Crippen LogP contribution is -2.44. The van der Waals surface area contributed by atoms with E-state index in [4.69, 9.17) is 5.11 Å². The van der Waals surface area contributed by atoms with Crippen LogP contribution in [0.3, 0.4) is 0 Å². The zero-order valence-electron chi connectivity index (χ0n) is 8.38. The SMILES string of the molecule is CC(C)(C)C(O)C(C)(C)C(=O)O. The monoisotopic (exact) mass is 174 g/mol. The fraction of sp³-hybridized carbons (Fsp3) is 0.889. The van der Waals surface area contributed by atoms with Crippen LogP contribution >= 0.6 is 0 Å². The molecule has 0 saturated carbocycles. The molecule has 0 aromatic carbocycles. The van der Waals surface area contributed by atoms with Crippen LogP contribution in [0.2, 0.25) is 0 Å². The highest BCUT2D eigenvalue weighted by Crippen LogP contribution is 2.33. The van der Waals surface area contributed by atoms with Crippen LogP contribution in [-0.2, 0) is 4.79 Å². The van der Waals surface area contributed by atoms with Gasteiger partial charge in [-0.2, -0.15) is 0 Å². The van der Waals surface area contributed by atoms with Crippen molar-refractivity contribution in [2.75, 3.05) is 0 Å². The summed E-state index contributed by atoms with van der Waals surface area (Å²) < 4.78 is 0. The molecule has 0 radical (unpaired) electrons. The molecule has 2 N–H and O–H groups in total. The Balaban J connectivity index is 4.69. The molecule has 0 bridgehead atoms. The lowest BCUT2D eigenvalue weighted by molar-refractivity contribution is -0.158.